The van der Waals surface area contributed by atoms with E-state index in [1.54, 1.807) is 28.6 Å². The Morgan fingerprint density at radius 2 is 1.96 bits per heavy atom. The number of anilines is 1. The SMILES string of the molecule is CCCCSc1nnc(NC(=O)c2nnn(-c3ccc(Cl)cc3)c2CCC)s1. The van der Waals surface area contributed by atoms with Crippen LogP contribution in [0.25, 0.3) is 5.69 Å². The quantitative estimate of drug-likeness (QED) is 0.292. The molecule has 3 rings (SSSR count). The fraction of sp³-hybridized carbons (Fsp3) is 0.389. The van der Waals surface area contributed by atoms with Crippen LogP contribution < -0.4 is 5.32 Å². The summed E-state index contributed by atoms with van der Waals surface area (Å²) >= 11 is 8.99. The van der Waals surface area contributed by atoms with Crippen LogP contribution in [0.4, 0.5) is 5.13 Å². The van der Waals surface area contributed by atoms with E-state index in [-0.39, 0.29) is 5.91 Å². The van der Waals surface area contributed by atoms with Crippen molar-refractivity contribution < 1.29 is 4.79 Å². The first-order chi connectivity index (χ1) is 13.6. The number of benzene rings is 1. The number of nitrogens with zero attached hydrogens (tertiary/aromatic N) is 5. The second kappa shape index (κ2) is 9.99. The summed E-state index contributed by atoms with van der Waals surface area (Å²) in [4.78, 5) is 12.8. The van der Waals surface area contributed by atoms with Gasteiger partial charge < -0.3 is 0 Å². The van der Waals surface area contributed by atoms with E-state index in [4.69, 9.17) is 11.6 Å². The molecule has 148 valence electrons. The number of carbonyl (C=O) groups is 1. The molecule has 0 saturated carbocycles. The zero-order valence-electron chi connectivity index (χ0n) is 15.7. The highest BCUT2D eigenvalue weighted by molar-refractivity contribution is 8.01. The number of unbranched alkanes of at least 4 members (excludes halogenated alkanes) is 1. The molecule has 0 atom stereocenters. The lowest BCUT2D eigenvalue weighted by Crippen LogP contribution is -2.15. The minimum atomic E-state index is -0.329. The molecule has 2 heterocycles. The van der Waals surface area contributed by atoms with Crippen LogP contribution >= 0.6 is 34.7 Å². The van der Waals surface area contributed by atoms with Gasteiger partial charge in [0.2, 0.25) is 5.13 Å². The zero-order chi connectivity index (χ0) is 19.9. The van der Waals surface area contributed by atoms with E-state index in [9.17, 15) is 4.79 Å². The van der Waals surface area contributed by atoms with Crippen LogP contribution in [-0.4, -0.2) is 36.9 Å². The maximum absolute atomic E-state index is 12.8. The van der Waals surface area contributed by atoms with Crippen LogP contribution in [0.2, 0.25) is 5.02 Å². The van der Waals surface area contributed by atoms with Gasteiger partial charge in [0.15, 0.2) is 10.0 Å². The number of thioether (sulfide) groups is 1. The third-order valence-electron chi connectivity index (χ3n) is 3.89. The maximum atomic E-state index is 12.8. The summed E-state index contributed by atoms with van der Waals surface area (Å²) in [6, 6.07) is 7.27. The van der Waals surface area contributed by atoms with E-state index in [1.165, 1.54) is 11.3 Å². The Kier molecular flexibility index (Phi) is 7.41. The van der Waals surface area contributed by atoms with E-state index >= 15 is 0 Å². The average Bonchev–Trinajstić information content (AvgIpc) is 3.30. The molecule has 10 heteroatoms. The first-order valence-electron chi connectivity index (χ1n) is 9.10. The Hall–Kier alpha value is -1.97. The second-order valence-corrected chi connectivity index (χ2v) is 8.81. The lowest BCUT2D eigenvalue weighted by Gasteiger charge is -2.07. The Morgan fingerprint density at radius 3 is 2.68 bits per heavy atom. The Balaban J connectivity index is 1.77. The summed E-state index contributed by atoms with van der Waals surface area (Å²) in [6.45, 7) is 4.20. The summed E-state index contributed by atoms with van der Waals surface area (Å²) in [7, 11) is 0. The topological polar surface area (TPSA) is 85.6 Å². The highest BCUT2D eigenvalue weighted by atomic mass is 35.5. The first kappa shape index (κ1) is 20.8. The monoisotopic (exact) mass is 436 g/mol. The van der Waals surface area contributed by atoms with Gasteiger partial charge in [-0.3, -0.25) is 10.1 Å². The van der Waals surface area contributed by atoms with Gasteiger partial charge in [-0.25, -0.2) is 4.68 Å². The smallest absolute Gasteiger partial charge is 0.279 e. The van der Waals surface area contributed by atoms with Crippen LogP contribution in [0, 0.1) is 0 Å². The van der Waals surface area contributed by atoms with Gasteiger partial charge in [-0.15, -0.1) is 15.3 Å². The van der Waals surface area contributed by atoms with Crippen molar-refractivity contribution in [1.29, 1.82) is 0 Å². The molecule has 0 aliphatic heterocycles. The van der Waals surface area contributed by atoms with Crippen LogP contribution in [0.15, 0.2) is 28.6 Å². The van der Waals surface area contributed by atoms with Crippen molar-refractivity contribution in [2.45, 2.75) is 43.9 Å². The van der Waals surface area contributed by atoms with Gasteiger partial charge in [-0.2, -0.15) is 0 Å². The minimum absolute atomic E-state index is 0.298. The molecule has 0 unspecified atom stereocenters. The molecule has 7 nitrogen and oxygen atoms in total. The Morgan fingerprint density at radius 1 is 1.18 bits per heavy atom. The molecule has 1 aromatic carbocycles. The number of carbonyl (C=O) groups excluding carboxylic acids is 1. The highest BCUT2D eigenvalue weighted by Gasteiger charge is 2.21. The second-order valence-electron chi connectivity index (χ2n) is 6.05. The van der Waals surface area contributed by atoms with Crippen molar-refractivity contribution in [3.8, 4) is 5.69 Å². The number of rotatable bonds is 9. The van der Waals surface area contributed by atoms with Gasteiger partial charge in [-0.1, -0.05) is 66.6 Å². The van der Waals surface area contributed by atoms with Gasteiger partial charge in [-0.05, 0) is 37.1 Å². The molecule has 2 aromatic heterocycles. The maximum Gasteiger partial charge on any atom is 0.279 e. The summed E-state index contributed by atoms with van der Waals surface area (Å²) < 4.78 is 2.53. The molecule has 28 heavy (non-hydrogen) atoms. The molecular formula is C18H21ClN6OS2. The largest absolute Gasteiger partial charge is 0.295 e. The van der Waals surface area contributed by atoms with Crippen molar-refractivity contribution in [2.75, 3.05) is 11.1 Å². The molecule has 1 N–H and O–H groups in total. The van der Waals surface area contributed by atoms with E-state index in [2.05, 4.69) is 32.7 Å². The van der Waals surface area contributed by atoms with E-state index in [1.807, 2.05) is 19.1 Å². The molecule has 0 saturated heterocycles. The number of hydrogen-bond acceptors (Lipinski definition) is 7. The minimum Gasteiger partial charge on any atom is -0.295 e. The number of aromatic nitrogens is 5. The number of nitrogens with one attached hydrogen (secondary N) is 1. The molecule has 0 bridgehead atoms. The van der Waals surface area contributed by atoms with E-state index < -0.39 is 0 Å². The molecule has 3 aromatic rings. The lowest BCUT2D eigenvalue weighted by molar-refractivity contribution is 0.102. The fourth-order valence-corrected chi connectivity index (χ4v) is 4.53. The number of hydrogen-bond donors (Lipinski definition) is 1. The van der Waals surface area contributed by atoms with Crippen molar-refractivity contribution in [1.82, 2.24) is 25.2 Å². The predicted molar refractivity (Wildman–Crippen MR) is 114 cm³/mol. The summed E-state index contributed by atoms with van der Waals surface area (Å²) in [6.07, 6.45) is 3.80. The Labute approximate surface area is 176 Å². The normalized spacial score (nSPS) is 11.0. The van der Waals surface area contributed by atoms with Crippen molar-refractivity contribution in [2.24, 2.45) is 0 Å². The molecular weight excluding hydrogens is 416 g/mol. The number of halogens is 1. The van der Waals surface area contributed by atoms with Crippen molar-refractivity contribution >= 4 is 45.7 Å². The van der Waals surface area contributed by atoms with Crippen LogP contribution in [0.3, 0.4) is 0 Å². The molecule has 0 aliphatic carbocycles. The van der Waals surface area contributed by atoms with Gasteiger partial charge >= 0.3 is 0 Å². The van der Waals surface area contributed by atoms with Crippen molar-refractivity contribution in [3.05, 3.63) is 40.7 Å². The van der Waals surface area contributed by atoms with Crippen LogP contribution in [0.5, 0.6) is 0 Å². The third kappa shape index (κ3) is 5.09. The first-order valence-corrected chi connectivity index (χ1v) is 11.3. The predicted octanol–water partition coefficient (Wildman–Crippen LogP) is 4.87. The standard InChI is InChI=1S/C18H21ClN6OS2/c1-3-5-11-27-18-23-22-17(28-18)20-16(26)15-14(6-4-2)25(24-21-15)13-9-7-12(19)8-10-13/h7-10H,3-6,11H2,1-2H3,(H,20,22,26). The zero-order valence-corrected chi connectivity index (χ0v) is 18.1. The molecule has 1 amide bonds. The summed E-state index contributed by atoms with van der Waals surface area (Å²) in [5, 5.41) is 20.4. The van der Waals surface area contributed by atoms with Crippen LogP contribution in [-0.2, 0) is 6.42 Å². The summed E-state index contributed by atoms with van der Waals surface area (Å²) in [5.74, 6) is 0.666. The molecule has 0 spiro atoms. The van der Waals surface area contributed by atoms with E-state index in [0.717, 1.165) is 40.7 Å². The molecule has 0 radical (unpaired) electrons. The number of amides is 1. The fourth-order valence-electron chi connectivity index (χ4n) is 2.51. The Bertz CT molecular complexity index is 925. The summed E-state index contributed by atoms with van der Waals surface area (Å²) in [5.41, 5.74) is 1.86. The van der Waals surface area contributed by atoms with Crippen molar-refractivity contribution in [3.63, 3.8) is 0 Å². The molecule has 0 fully saturated rings. The lowest BCUT2D eigenvalue weighted by atomic mass is 10.2. The molecule has 0 aliphatic rings. The van der Waals surface area contributed by atoms with Crippen LogP contribution in [0.1, 0.15) is 49.3 Å². The van der Waals surface area contributed by atoms with Gasteiger partial charge in [0.05, 0.1) is 11.4 Å². The van der Waals surface area contributed by atoms with Gasteiger partial charge in [0.25, 0.3) is 5.91 Å². The highest BCUT2D eigenvalue weighted by Crippen LogP contribution is 2.27. The van der Waals surface area contributed by atoms with Gasteiger partial charge in [0.1, 0.15) is 0 Å². The van der Waals surface area contributed by atoms with E-state index in [0.29, 0.717) is 22.3 Å². The van der Waals surface area contributed by atoms with Gasteiger partial charge in [0, 0.05) is 10.8 Å². The average molecular weight is 437 g/mol. The third-order valence-corrected chi connectivity index (χ3v) is 6.20.